The number of hydrogen-bond acceptors (Lipinski definition) is 3. The Labute approximate surface area is 125 Å². The summed E-state index contributed by atoms with van der Waals surface area (Å²) in [5, 5.41) is 4.25. The van der Waals surface area contributed by atoms with Gasteiger partial charge in [-0.25, -0.2) is 4.83 Å². The van der Waals surface area contributed by atoms with Crippen LogP contribution in [0.15, 0.2) is 34.3 Å². The maximum absolute atomic E-state index is 12.2. The van der Waals surface area contributed by atoms with Crippen LogP contribution in [0.2, 0.25) is 0 Å². The van der Waals surface area contributed by atoms with Crippen molar-refractivity contribution in [2.75, 3.05) is 0 Å². The van der Waals surface area contributed by atoms with E-state index in [1.165, 1.54) is 12.8 Å². The normalized spacial score (nSPS) is 35.6. The Kier molecular flexibility index (Phi) is 2.89. The summed E-state index contributed by atoms with van der Waals surface area (Å²) in [6, 6.07) is 6.85. The first-order valence-electron chi connectivity index (χ1n) is 7.67. The molecule has 3 aliphatic rings. The Bertz CT molecular complexity index is 673. The van der Waals surface area contributed by atoms with Crippen LogP contribution in [-0.2, 0) is 10.0 Å². The van der Waals surface area contributed by atoms with Crippen LogP contribution >= 0.6 is 0 Å². The smallest absolute Gasteiger partial charge is 0.200 e. The van der Waals surface area contributed by atoms with E-state index >= 15 is 0 Å². The van der Waals surface area contributed by atoms with Crippen molar-refractivity contribution in [3.63, 3.8) is 0 Å². The summed E-state index contributed by atoms with van der Waals surface area (Å²) in [6.07, 6.45) is 4.61. The van der Waals surface area contributed by atoms with Gasteiger partial charge in [0.1, 0.15) is 0 Å². The zero-order valence-electron chi connectivity index (χ0n) is 12.1. The lowest BCUT2D eigenvalue weighted by Crippen LogP contribution is -2.20. The highest BCUT2D eigenvalue weighted by atomic mass is 32.2. The molecular formula is C16H20N2O2S. The molecule has 1 aromatic rings. The Balaban J connectivity index is 1.49. The molecule has 0 bridgehead atoms. The summed E-state index contributed by atoms with van der Waals surface area (Å²) >= 11 is 0. The van der Waals surface area contributed by atoms with E-state index in [9.17, 15) is 8.42 Å². The van der Waals surface area contributed by atoms with E-state index in [-0.39, 0.29) is 4.90 Å². The number of fused-ring (bicyclic) bond motifs is 3. The Hall–Kier alpha value is -1.36. The topological polar surface area (TPSA) is 58.5 Å². The monoisotopic (exact) mass is 304 g/mol. The molecule has 3 saturated carbocycles. The first-order chi connectivity index (χ1) is 10.0. The molecule has 3 fully saturated rings. The fraction of sp³-hybridized carbons (Fsp3) is 0.562. The van der Waals surface area contributed by atoms with Gasteiger partial charge in [0.2, 0.25) is 0 Å². The molecule has 0 spiro atoms. The molecule has 3 aliphatic carbocycles. The molecule has 112 valence electrons. The molecule has 1 N–H and O–H groups in total. The summed E-state index contributed by atoms with van der Waals surface area (Å²) in [5.74, 6) is 3.36. The second kappa shape index (κ2) is 4.57. The largest absolute Gasteiger partial charge is 0.276 e. The Morgan fingerprint density at radius 3 is 2.19 bits per heavy atom. The molecule has 0 heterocycles. The third kappa shape index (κ3) is 2.59. The van der Waals surface area contributed by atoms with Gasteiger partial charge in [-0.1, -0.05) is 17.7 Å². The van der Waals surface area contributed by atoms with Gasteiger partial charge in [0.05, 0.1) is 4.90 Å². The van der Waals surface area contributed by atoms with Gasteiger partial charge < -0.3 is 0 Å². The van der Waals surface area contributed by atoms with Gasteiger partial charge in [-0.15, -0.1) is 0 Å². The first kappa shape index (κ1) is 13.3. The average molecular weight is 304 g/mol. The quantitative estimate of drug-likeness (QED) is 0.873. The number of nitrogens with zero attached hydrogens (tertiary/aromatic N) is 1. The maximum Gasteiger partial charge on any atom is 0.276 e. The van der Waals surface area contributed by atoms with Crippen molar-refractivity contribution in [1.29, 1.82) is 0 Å². The van der Waals surface area contributed by atoms with E-state index in [0.717, 1.165) is 47.8 Å². The van der Waals surface area contributed by atoms with Gasteiger partial charge in [0.15, 0.2) is 0 Å². The van der Waals surface area contributed by atoms with Crippen LogP contribution in [0.3, 0.4) is 0 Å². The van der Waals surface area contributed by atoms with Crippen molar-refractivity contribution in [3.05, 3.63) is 29.8 Å². The summed E-state index contributed by atoms with van der Waals surface area (Å²) in [4.78, 5) is 2.71. The lowest BCUT2D eigenvalue weighted by molar-refractivity contribution is 0.584. The van der Waals surface area contributed by atoms with Crippen LogP contribution in [0.4, 0.5) is 0 Å². The number of rotatable bonds is 3. The molecule has 21 heavy (non-hydrogen) atoms. The van der Waals surface area contributed by atoms with E-state index in [1.807, 2.05) is 6.92 Å². The van der Waals surface area contributed by atoms with Gasteiger partial charge in [0.25, 0.3) is 10.0 Å². The second-order valence-electron chi connectivity index (χ2n) is 6.81. The molecule has 0 aromatic heterocycles. The van der Waals surface area contributed by atoms with Gasteiger partial charge in [-0.2, -0.15) is 13.5 Å². The number of benzene rings is 1. The molecule has 0 unspecified atom stereocenters. The lowest BCUT2D eigenvalue weighted by Gasteiger charge is -2.07. The Morgan fingerprint density at radius 2 is 1.62 bits per heavy atom. The zero-order chi connectivity index (χ0) is 14.6. The number of nitrogens with one attached hydrogen (secondary N) is 1. The molecule has 0 amide bonds. The van der Waals surface area contributed by atoms with Crippen LogP contribution in [0.25, 0.3) is 0 Å². The van der Waals surface area contributed by atoms with Crippen LogP contribution in [-0.4, -0.2) is 14.1 Å². The van der Waals surface area contributed by atoms with Crippen LogP contribution in [0, 0.1) is 30.6 Å². The highest BCUT2D eigenvalue weighted by Gasteiger charge is 2.55. The van der Waals surface area contributed by atoms with E-state index in [2.05, 4.69) is 9.93 Å². The highest BCUT2D eigenvalue weighted by Crippen LogP contribution is 2.62. The molecule has 1 aromatic carbocycles. The van der Waals surface area contributed by atoms with Crippen LogP contribution in [0.5, 0.6) is 0 Å². The molecule has 4 rings (SSSR count). The van der Waals surface area contributed by atoms with E-state index in [1.54, 1.807) is 24.3 Å². The minimum Gasteiger partial charge on any atom is -0.200 e. The number of aryl methyl sites for hydroxylation is 1. The summed E-state index contributed by atoms with van der Waals surface area (Å²) < 4.78 is 24.5. The Morgan fingerprint density at radius 1 is 1.05 bits per heavy atom. The molecular weight excluding hydrogens is 284 g/mol. The zero-order valence-corrected chi connectivity index (χ0v) is 12.9. The van der Waals surface area contributed by atoms with E-state index in [0.29, 0.717) is 0 Å². The van der Waals surface area contributed by atoms with Crippen molar-refractivity contribution in [2.24, 2.45) is 28.8 Å². The third-order valence-corrected chi connectivity index (χ3v) is 6.38. The first-order valence-corrected chi connectivity index (χ1v) is 9.15. The van der Waals surface area contributed by atoms with Crippen LogP contribution < -0.4 is 4.83 Å². The molecule has 5 heteroatoms. The summed E-state index contributed by atoms with van der Waals surface area (Å²) in [7, 11) is -3.53. The van der Waals surface area contributed by atoms with Gasteiger partial charge in [0, 0.05) is 5.71 Å². The van der Waals surface area contributed by atoms with E-state index < -0.39 is 10.0 Å². The van der Waals surface area contributed by atoms with Gasteiger partial charge in [-0.3, -0.25) is 0 Å². The molecule has 0 radical (unpaired) electrons. The minimum absolute atomic E-state index is 0.277. The molecule has 4 nitrogen and oxygen atoms in total. The third-order valence-electron chi connectivity index (χ3n) is 5.16. The molecule has 4 atom stereocenters. The molecule has 0 saturated heterocycles. The standard InChI is InChI=1S/C16H20N2O2S/c1-10-2-4-14(5-3-10)21(19,20)18-17-13-6-11-8-15(11)16-9-12(16)7-13/h2-5,11-12,15-16,18H,6-9H2,1H3/t11-,12+,15-,16-/m0/s1. The van der Waals surface area contributed by atoms with Gasteiger partial charge in [-0.05, 0) is 68.4 Å². The molecule has 0 aliphatic heterocycles. The van der Waals surface area contributed by atoms with E-state index in [4.69, 9.17) is 0 Å². The maximum atomic E-state index is 12.2. The number of hydrazone groups is 1. The lowest BCUT2D eigenvalue weighted by atomic mass is 10.1. The second-order valence-corrected chi connectivity index (χ2v) is 8.47. The minimum atomic E-state index is -3.53. The average Bonchev–Trinajstić information content (AvgIpc) is 3.29. The van der Waals surface area contributed by atoms with Crippen molar-refractivity contribution in [3.8, 4) is 0 Å². The van der Waals surface area contributed by atoms with Crippen molar-refractivity contribution >= 4 is 15.7 Å². The van der Waals surface area contributed by atoms with Crippen molar-refractivity contribution in [1.82, 2.24) is 4.83 Å². The number of sulfonamides is 1. The van der Waals surface area contributed by atoms with Crippen molar-refractivity contribution in [2.45, 2.75) is 37.5 Å². The summed E-state index contributed by atoms with van der Waals surface area (Å²) in [6.45, 7) is 1.94. The van der Waals surface area contributed by atoms with Gasteiger partial charge >= 0.3 is 0 Å². The predicted octanol–water partition coefficient (Wildman–Crippen LogP) is 2.70. The summed E-state index contributed by atoms with van der Waals surface area (Å²) in [5.41, 5.74) is 2.09. The van der Waals surface area contributed by atoms with Crippen molar-refractivity contribution < 1.29 is 8.42 Å². The highest BCUT2D eigenvalue weighted by molar-refractivity contribution is 7.89. The SMILES string of the molecule is Cc1ccc(S(=O)(=O)NN=C2C[C@@H]3C[C@@H]3[C@H]3C[C@@H]3C2)cc1. The fourth-order valence-corrected chi connectivity index (χ4v) is 4.58. The predicted molar refractivity (Wildman–Crippen MR) is 81.4 cm³/mol. The fourth-order valence-electron chi connectivity index (χ4n) is 3.73. The number of hydrogen-bond donors (Lipinski definition) is 1. The van der Waals surface area contributed by atoms with Crippen LogP contribution in [0.1, 0.15) is 31.2 Å².